The fourth-order valence-corrected chi connectivity index (χ4v) is 2.19. The fourth-order valence-electron chi connectivity index (χ4n) is 2.19. The van der Waals surface area contributed by atoms with E-state index in [9.17, 15) is 4.79 Å². The quantitative estimate of drug-likeness (QED) is 0.888. The average molecular weight is 263 g/mol. The summed E-state index contributed by atoms with van der Waals surface area (Å²) in [5, 5.41) is 2.88. The number of carbonyl (C=O) groups excluding carboxylic acids is 1. The van der Waals surface area contributed by atoms with Crippen molar-refractivity contribution in [1.29, 1.82) is 0 Å². The van der Waals surface area contributed by atoms with E-state index in [-0.39, 0.29) is 12.0 Å². The van der Waals surface area contributed by atoms with Crippen LogP contribution in [-0.4, -0.2) is 25.2 Å². The maximum Gasteiger partial charge on any atom is 0.226 e. The van der Waals surface area contributed by atoms with Crippen molar-refractivity contribution in [2.24, 2.45) is 0 Å². The predicted molar refractivity (Wildman–Crippen MR) is 74.4 cm³/mol. The van der Waals surface area contributed by atoms with Gasteiger partial charge < -0.3 is 14.8 Å². The van der Waals surface area contributed by atoms with Gasteiger partial charge in [0.25, 0.3) is 0 Å². The molecule has 0 aromatic heterocycles. The molecule has 1 amide bonds. The zero-order chi connectivity index (χ0) is 13.5. The molecule has 0 bridgehead atoms. The lowest BCUT2D eigenvalue weighted by Crippen LogP contribution is -2.25. The van der Waals surface area contributed by atoms with Crippen LogP contribution in [0.3, 0.4) is 0 Å². The Morgan fingerprint density at radius 1 is 1.37 bits per heavy atom. The number of anilines is 1. The van der Waals surface area contributed by atoms with E-state index in [1.54, 1.807) is 0 Å². The minimum absolute atomic E-state index is 0.0102. The van der Waals surface area contributed by atoms with Gasteiger partial charge in [-0.3, -0.25) is 4.79 Å². The predicted octanol–water partition coefficient (Wildman–Crippen LogP) is 2.98. The van der Waals surface area contributed by atoms with Crippen molar-refractivity contribution in [2.75, 3.05) is 18.5 Å². The zero-order valence-corrected chi connectivity index (χ0v) is 11.4. The Morgan fingerprint density at radius 2 is 2.16 bits per heavy atom. The van der Waals surface area contributed by atoms with E-state index < -0.39 is 0 Å². The van der Waals surface area contributed by atoms with Gasteiger partial charge in [-0.25, -0.2) is 0 Å². The summed E-state index contributed by atoms with van der Waals surface area (Å²) >= 11 is 0. The molecular weight excluding hydrogens is 242 g/mol. The Morgan fingerprint density at radius 3 is 2.79 bits per heavy atom. The van der Waals surface area contributed by atoms with Crippen LogP contribution in [-0.2, 0) is 9.53 Å². The van der Waals surface area contributed by atoms with Crippen molar-refractivity contribution in [3.63, 3.8) is 0 Å². The molecule has 4 heteroatoms. The molecular formula is C15H21NO3. The third-order valence-corrected chi connectivity index (χ3v) is 3.14. The molecule has 19 heavy (non-hydrogen) atoms. The summed E-state index contributed by atoms with van der Waals surface area (Å²) in [6, 6.07) is 7.42. The van der Waals surface area contributed by atoms with Crippen LogP contribution >= 0.6 is 0 Å². The minimum Gasteiger partial charge on any atom is -0.494 e. The Labute approximate surface area is 114 Å². The van der Waals surface area contributed by atoms with Crippen molar-refractivity contribution in [3.05, 3.63) is 24.3 Å². The van der Waals surface area contributed by atoms with Gasteiger partial charge >= 0.3 is 0 Å². The lowest BCUT2D eigenvalue weighted by molar-refractivity contribution is -0.119. The van der Waals surface area contributed by atoms with Gasteiger partial charge in [-0.15, -0.1) is 0 Å². The first-order valence-electron chi connectivity index (χ1n) is 6.92. The molecule has 1 aliphatic rings. The summed E-state index contributed by atoms with van der Waals surface area (Å²) in [5.41, 5.74) is 0.796. The van der Waals surface area contributed by atoms with E-state index in [1.165, 1.54) is 0 Å². The van der Waals surface area contributed by atoms with Crippen LogP contribution in [0.5, 0.6) is 5.75 Å². The highest BCUT2D eigenvalue weighted by Crippen LogP contribution is 2.18. The van der Waals surface area contributed by atoms with E-state index in [2.05, 4.69) is 5.32 Å². The van der Waals surface area contributed by atoms with Crippen LogP contribution in [0.4, 0.5) is 5.69 Å². The molecule has 1 heterocycles. The van der Waals surface area contributed by atoms with Crippen LogP contribution in [0.15, 0.2) is 24.3 Å². The van der Waals surface area contributed by atoms with Gasteiger partial charge in [0.05, 0.1) is 19.1 Å². The standard InChI is InChI=1S/C15H21NO3/c1-2-18-13-8-6-12(7-9-13)16-15(17)11-14-5-3-4-10-19-14/h6-9,14H,2-5,10-11H2,1H3,(H,16,17). The summed E-state index contributed by atoms with van der Waals surface area (Å²) < 4.78 is 10.9. The topological polar surface area (TPSA) is 47.6 Å². The smallest absolute Gasteiger partial charge is 0.226 e. The van der Waals surface area contributed by atoms with Crippen molar-refractivity contribution < 1.29 is 14.3 Å². The third-order valence-electron chi connectivity index (χ3n) is 3.14. The highest BCUT2D eigenvalue weighted by Gasteiger charge is 2.17. The van der Waals surface area contributed by atoms with Crippen LogP contribution < -0.4 is 10.1 Å². The lowest BCUT2D eigenvalue weighted by Gasteiger charge is -2.21. The summed E-state index contributed by atoms with van der Waals surface area (Å²) in [6.07, 6.45) is 3.76. The van der Waals surface area contributed by atoms with E-state index >= 15 is 0 Å². The third kappa shape index (κ3) is 4.56. The van der Waals surface area contributed by atoms with Crippen LogP contribution in [0.1, 0.15) is 32.6 Å². The number of benzene rings is 1. The summed E-state index contributed by atoms with van der Waals surface area (Å²) in [7, 11) is 0. The normalized spacial score (nSPS) is 18.9. The van der Waals surface area contributed by atoms with Gasteiger partial charge in [-0.05, 0) is 50.5 Å². The van der Waals surface area contributed by atoms with Gasteiger partial charge in [-0.1, -0.05) is 0 Å². The molecule has 1 aromatic rings. The molecule has 0 saturated carbocycles. The minimum atomic E-state index is 0.0102. The monoisotopic (exact) mass is 263 g/mol. The summed E-state index contributed by atoms with van der Waals surface area (Å²) in [4.78, 5) is 11.9. The first kappa shape index (κ1) is 13.9. The first-order valence-corrected chi connectivity index (χ1v) is 6.92. The van der Waals surface area contributed by atoms with Gasteiger partial charge in [0.2, 0.25) is 5.91 Å². The first-order chi connectivity index (χ1) is 9.28. The van der Waals surface area contributed by atoms with Crippen molar-refractivity contribution in [2.45, 2.75) is 38.7 Å². The zero-order valence-electron chi connectivity index (χ0n) is 11.4. The van der Waals surface area contributed by atoms with Gasteiger partial charge in [-0.2, -0.15) is 0 Å². The van der Waals surface area contributed by atoms with E-state index in [0.29, 0.717) is 13.0 Å². The maximum atomic E-state index is 11.9. The van der Waals surface area contributed by atoms with Crippen molar-refractivity contribution in [3.8, 4) is 5.75 Å². The molecule has 4 nitrogen and oxygen atoms in total. The second kappa shape index (κ2) is 7.14. The Bertz CT molecular complexity index is 396. The molecule has 1 fully saturated rings. The van der Waals surface area contributed by atoms with Crippen LogP contribution in [0, 0.1) is 0 Å². The highest BCUT2D eigenvalue weighted by molar-refractivity contribution is 5.91. The Hall–Kier alpha value is -1.55. The SMILES string of the molecule is CCOc1ccc(NC(=O)CC2CCCCO2)cc1. The Kier molecular flexibility index (Phi) is 5.21. The second-order valence-corrected chi connectivity index (χ2v) is 4.70. The highest BCUT2D eigenvalue weighted by atomic mass is 16.5. The summed E-state index contributed by atoms with van der Waals surface area (Å²) in [6.45, 7) is 3.37. The average Bonchev–Trinajstić information content (AvgIpc) is 2.42. The number of amides is 1. The lowest BCUT2D eigenvalue weighted by atomic mass is 10.1. The molecule has 0 radical (unpaired) electrons. The fraction of sp³-hybridized carbons (Fsp3) is 0.533. The van der Waals surface area contributed by atoms with E-state index in [1.807, 2.05) is 31.2 Å². The molecule has 1 aliphatic heterocycles. The van der Waals surface area contributed by atoms with Crippen LogP contribution in [0.2, 0.25) is 0 Å². The van der Waals surface area contributed by atoms with Gasteiger partial charge in [0.1, 0.15) is 5.75 Å². The number of rotatable bonds is 5. The molecule has 1 unspecified atom stereocenters. The molecule has 2 rings (SSSR count). The maximum absolute atomic E-state index is 11.9. The molecule has 0 aliphatic carbocycles. The van der Waals surface area contributed by atoms with Crippen molar-refractivity contribution >= 4 is 11.6 Å². The molecule has 1 aromatic carbocycles. The molecule has 1 saturated heterocycles. The van der Waals surface area contributed by atoms with Gasteiger partial charge in [0.15, 0.2) is 0 Å². The number of hydrogen-bond donors (Lipinski definition) is 1. The summed E-state index contributed by atoms with van der Waals surface area (Å²) in [5.74, 6) is 0.826. The van der Waals surface area contributed by atoms with Crippen LogP contribution in [0.25, 0.3) is 0 Å². The molecule has 0 spiro atoms. The number of nitrogens with one attached hydrogen (secondary N) is 1. The number of carbonyl (C=O) groups is 1. The number of hydrogen-bond acceptors (Lipinski definition) is 3. The Balaban J connectivity index is 1.80. The van der Waals surface area contributed by atoms with Gasteiger partial charge in [0, 0.05) is 12.3 Å². The van der Waals surface area contributed by atoms with Crippen molar-refractivity contribution in [1.82, 2.24) is 0 Å². The van der Waals surface area contributed by atoms with E-state index in [4.69, 9.17) is 9.47 Å². The molecule has 1 atom stereocenters. The molecule has 1 N–H and O–H groups in total. The largest absolute Gasteiger partial charge is 0.494 e. The van der Waals surface area contributed by atoms with E-state index in [0.717, 1.165) is 37.3 Å². The number of ether oxygens (including phenoxy) is 2. The molecule has 104 valence electrons. The second-order valence-electron chi connectivity index (χ2n) is 4.70.